The van der Waals surface area contributed by atoms with Gasteiger partial charge in [0.2, 0.25) is 5.91 Å². The van der Waals surface area contributed by atoms with E-state index >= 15 is 0 Å². The molecule has 1 aromatic carbocycles. The van der Waals surface area contributed by atoms with E-state index in [1.165, 1.54) is 24.4 Å². The van der Waals surface area contributed by atoms with Crippen molar-refractivity contribution in [2.45, 2.75) is 45.1 Å². The van der Waals surface area contributed by atoms with Gasteiger partial charge in [0.05, 0.1) is 22.9 Å². The van der Waals surface area contributed by atoms with Gasteiger partial charge in [0, 0.05) is 56.4 Å². The molecule has 1 aliphatic heterocycles. The lowest BCUT2D eigenvalue weighted by Crippen LogP contribution is -2.43. The minimum Gasteiger partial charge on any atom is -0.352 e. The highest BCUT2D eigenvalue weighted by molar-refractivity contribution is 6.30. The minimum absolute atomic E-state index is 0.0636. The number of amides is 2. The summed E-state index contributed by atoms with van der Waals surface area (Å²) in [6.45, 7) is 6.06. The van der Waals surface area contributed by atoms with Crippen molar-refractivity contribution < 1.29 is 14.0 Å². The molecule has 1 aliphatic rings. The standard InChI is InChI=1S/C29H35ClFN7O2/c1-18(2)21-17-34-26(20-15-19(30)8-9-23(20)31)36-27(21)35-24-10-12-32-16-22(24)28(39)33-11-6-14-38-13-5-7-25(38)29(40)37(3)4/h8-10,12,15-18,25H,5-7,11,13-14H2,1-4H3,(H,33,39)(H,32,34,35,36). The molecule has 2 amide bonds. The summed E-state index contributed by atoms with van der Waals surface area (Å²) < 4.78 is 14.5. The number of hydrogen-bond donors (Lipinski definition) is 2. The Morgan fingerprint density at radius 2 is 2.02 bits per heavy atom. The Morgan fingerprint density at radius 1 is 1.23 bits per heavy atom. The number of nitrogens with one attached hydrogen (secondary N) is 2. The van der Waals surface area contributed by atoms with Gasteiger partial charge in [0.1, 0.15) is 11.6 Å². The van der Waals surface area contributed by atoms with E-state index in [0.29, 0.717) is 35.1 Å². The molecule has 1 fully saturated rings. The maximum absolute atomic E-state index is 14.5. The monoisotopic (exact) mass is 567 g/mol. The zero-order chi connectivity index (χ0) is 28.8. The molecule has 40 heavy (non-hydrogen) atoms. The maximum atomic E-state index is 14.5. The molecule has 2 N–H and O–H groups in total. The number of halogens is 2. The SMILES string of the molecule is CC(C)c1cnc(-c2cc(Cl)ccc2F)nc1Nc1ccncc1C(=O)NCCCN1CCCC1C(=O)N(C)C. The van der Waals surface area contributed by atoms with E-state index in [4.69, 9.17) is 11.6 Å². The fourth-order valence-corrected chi connectivity index (χ4v) is 4.95. The summed E-state index contributed by atoms with van der Waals surface area (Å²) in [6, 6.07) is 5.84. The largest absolute Gasteiger partial charge is 0.352 e. The summed E-state index contributed by atoms with van der Waals surface area (Å²) in [5.74, 6) is 0.0698. The third-order valence-electron chi connectivity index (χ3n) is 6.92. The van der Waals surface area contributed by atoms with Crippen LogP contribution < -0.4 is 10.6 Å². The predicted octanol–water partition coefficient (Wildman–Crippen LogP) is 4.87. The number of likely N-dealkylation sites (tertiary alicyclic amines) is 1. The Bertz CT molecular complexity index is 1370. The van der Waals surface area contributed by atoms with Crippen LogP contribution in [0, 0.1) is 5.82 Å². The molecular formula is C29H35ClFN7O2. The summed E-state index contributed by atoms with van der Waals surface area (Å²) in [5, 5.41) is 6.60. The Kier molecular flexibility index (Phi) is 9.65. The first-order chi connectivity index (χ1) is 19.2. The normalized spacial score (nSPS) is 15.3. The van der Waals surface area contributed by atoms with Crippen molar-refractivity contribution >= 4 is 34.9 Å². The molecule has 3 heterocycles. The molecule has 1 atom stereocenters. The molecule has 0 spiro atoms. The van der Waals surface area contributed by atoms with E-state index in [9.17, 15) is 14.0 Å². The molecule has 2 aromatic heterocycles. The molecule has 0 saturated carbocycles. The van der Waals surface area contributed by atoms with E-state index in [1.54, 1.807) is 37.5 Å². The van der Waals surface area contributed by atoms with E-state index in [0.717, 1.165) is 31.5 Å². The summed E-state index contributed by atoms with van der Waals surface area (Å²) in [6.07, 6.45) is 7.31. The van der Waals surface area contributed by atoms with Gasteiger partial charge in [-0.05, 0) is 56.0 Å². The molecule has 4 rings (SSSR count). The van der Waals surface area contributed by atoms with Crippen LogP contribution in [-0.2, 0) is 4.79 Å². The van der Waals surface area contributed by atoms with E-state index < -0.39 is 5.82 Å². The van der Waals surface area contributed by atoms with Crippen LogP contribution in [0.15, 0.2) is 42.9 Å². The van der Waals surface area contributed by atoms with Crippen molar-refractivity contribution in [1.29, 1.82) is 0 Å². The number of pyridine rings is 1. The van der Waals surface area contributed by atoms with Crippen LogP contribution >= 0.6 is 11.6 Å². The zero-order valence-electron chi connectivity index (χ0n) is 23.2. The van der Waals surface area contributed by atoms with Gasteiger partial charge < -0.3 is 15.5 Å². The van der Waals surface area contributed by atoms with Crippen molar-refractivity contribution in [3.63, 3.8) is 0 Å². The first-order valence-electron chi connectivity index (χ1n) is 13.4. The maximum Gasteiger partial charge on any atom is 0.254 e. The lowest BCUT2D eigenvalue weighted by atomic mass is 10.1. The number of hydrogen-bond acceptors (Lipinski definition) is 7. The molecular weight excluding hydrogens is 533 g/mol. The number of benzene rings is 1. The first-order valence-corrected chi connectivity index (χ1v) is 13.8. The highest BCUT2D eigenvalue weighted by atomic mass is 35.5. The van der Waals surface area contributed by atoms with Crippen LogP contribution in [0.5, 0.6) is 0 Å². The van der Waals surface area contributed by atoms with E-state index in [1.807, 2.05) is 13.8 Å². The molecule has 0 bridgehead atoms. The van der Waals surface area contributed by atoms with Crippen LogP contribution in [0.3, 0.4) is 0 Å². The molecule has 3 aromatic rings. The molecule has 1 saturated heterocycles. The second-order valence-corrected chi connectivity index (χ2v) is 10.8. The summed E-state index contributed by atoms with van der Waals surface area (Å²) in [5.41, 5.74) is 1.86. The molecule has 0 aliphatic carbocycles. The number of anilines is 2. The quantitative estimate of drug-likeness (QED) is 0.337. The van der Waals surface area contributed by atoms with Gasteiger partial charge in [-0.2, -0.15) is 0 Å². The lowest BCUT2D eigenvalue weighted by molar-refractivity contribution is -0.133. The summed E-state index contributed by atoms with van der Waals surface area (Å²) >= 11 is 6.09. The fraction of sp³-hybridized carbons (Fsp3) is 0.414. The van der Waals surface area contributed by atoms with Crippen molar-refractivity contribution in [2.24, 2.45) is 0 Å². The number of likely N-dealkylation sites (N-methyl/N-ethyl adjacent to an activating group) is 1. The molecule has 0 radical (unpaired) electrons. The van der Waals surface area contributed by atoms with Crippen LogP contribution in [0.4, 0.5) is 15.9 Å². The average molecular weight is 568 g/mol. The number of carbonyl (C=O) groups is 2. The lowest BCUT2D eigenvalue weighted by Gasteiger charge is -2.26. The van der Waals surface area contributed by atoms with Gasteiger partial charge in [0.25, 0.3) is 5.91 Å². The number of nitrogens with zero attached hydrogens (tertiary/aromatic N) is 5. The second-order valence-electron chi connectivity index (χ2n) is 10.4. The van der Waals surface area contributed by atoms with Crippen LogP contribution in [-0.4, -0.2) is 76.3 Å². The smallest absolute Gasteiger partial charge is 0.254 e. The highest BCUT2D eigenvalue weighted by Gasteiger charge is 2.31. The molecule has 212 valence electrons. The van der Waals surface area contributed by atoms with E-state index in [-0.39, 0.29) is 35.2 Å². The Hall–Kier alpha value is -3.63. The van der Waals surface area contributed by atoms with Gasteiger partial charge in [0.15, 0.2) is 5.82 Å². The molecule has 9 nitrogen and oxygen atoms in total. The van der Waals surface area contributed by atoms with Crippen molar-refractivity contribution in [2.75, 3.05) is 39.0 Å². The summed E-state index contributed by atoms with van der Waals surface area (Å²) in [4.78, 5) is 42.5. The number of aromatic nitrogens is 3. The minimum atomic E-state index is -0.483. The predicted molar refractivity (Wildman–Crippen MR) is 154 cm³/mol. The average Bonchev–Trinajstić information content (AvgIpc) is 3.40. The Balaban J connectivity index is 1.46. The van der Waals surface area contributed by atoms with Gasteiger partial charge >= 0.3 is 0 Å². The van der Waals surface area contributed by atoms with Crippen molar-refractivity contribution in [3.8, 4) is 11.4 Å². The topological polar surface area (TPSA) is 103 Å². The summed E-state index contributed by atoms with van der Waals surface area (Å²) in [7, 11) is 3.56. The van der Waals surface area contributed by atoms with Crippen LogP contribution in [0.1, 0.15) is 54.9 Å². The van der Waals surface area contributed by atoms with Crippen LogP contribution in [0.25, 0.3) is 11.4 Å². The molecule has 11 heteroatoms. The Labute approximate surface area is 239 Å². The van der Waals surface area contributed by atoms with Crippen LogP contribution in [0.2, 0.25) is 5.02 Å². The van der Waals surface area contributed by atoms with Gasteiger partial charge in [-0.1, -0.05) is 25.4 Å². The van der Waals surface area contributed by atoms with Crippen molar-refractivity contribution in [3.05, 3.63) is 64.8 Å². The molecule has 1 unspecified atom stereocenters. The number of carbonyl (C=O) groups excluding carboxylic acids is 2. The first kappa shape index (κ1) is 29.4. The van der Waals surface area contributed by atoms with E-state index in [2.05, 4.69) is 30.5 Å². The van der Waals surface area contributed by atoms with Crippen molar-refractivity contribution in [1.82, 2.24) is 30.1 Å². The number of rotatable bonds is 10. The second kappa shape index (κ2) is 13.1. The third-order valence-corrected chi connectivity index (χ3v) is 7.16. The van der Waals surface area contributed by atoms with Gasteiger partial charge in [-0.25, -0.2) is 14.4 Å². The highest BCUT2D eigenvalue weighted by Crippen LogP contribution is 2.30. The Morgan fingerprint density at radius 3 is 2.77 bits per heavy atom. The zero-order valence-corrected chi connectivity index (χ0v) is 24.0. The van der Waals surface area contributed by atoms with Gasteiger partial charge in [-0.15, -0.1) is 0 Å². The fourth-order valence-electron chi connectivity index (χ4n) is 4.78. The van der Waals surface area contributed by atoms with Gasteiger partial charge in [-0.3, -0.25) is 19.5 Å². The third kappa shape index (κ3) is 6.92.